The Labute approximate surface area is 134 Å². The number of aromatic nitrogens is 2. The summed E-state index contributed by atoms with van der Waals surface area (Å²) in [6.45, 7) is 4.09. The van der Waals surface area contributed by atoms with E-state index in [1.165, 1.54) is 0 Å². The lowest BCUT2D eigenvalue weighted by molar-refractivity contribution is 0.102. The molecular weight excluding hydrogens is 290 g/mol. The molecule has 0 radical (unpaired) electrons. The third kappa shape index (κ3) is 2.90. The monoisotopic (exact) mass is 309 g/mol. The van der Waals surface area contributed by atoms with Gasteiger partial charge in [-0.1, -0.05) is 6.92 Å². The van der Waals surface area contributed by atoms with Crippen LogP contribution >= 0.6 is 0 Å². The zero-order valence-electron chi connectivity index (χ0n) is 13.5. The zero-order valence-corrected chi connectivity index (χ0v) is 13.5. The van der Waals surface area contributed by atoms with Crippen LogP contribution in [0.1, 0.15) is 28.7 Å². The molecule has 1 N–H and O–H groups in total. The number of anilines is 1. The molecule has 118 valence electrons. The molecule has 0 unspecified atom stereocenters. The summed E-state index contributed by atoms with van der Waals surface area (Å²) in [5.74, 6) is 0.605. The minimum Gasteiger partial charge on any atom is -0.497 e. The molecule has 0 aliphatic heterocycles. The zero-order chi connectivity index (χ0) is 16.4. The maximum Gasteiger partial charge on any atom is 0.257 e. The minimum atomic E-state index is -0.150. The summed E-state index contributed by atoms with van der Waals surface area (Å²) in [5.41, 5.74) is 4.31. The van der Waals surface area contributed by atoms with Crippen LogP contribution in [0.4, 0.5) is 5.69 Å². The Morgan fingerprint density at radius 1 is 1.22 bits per heavy atom. The number of ether oxygens (including phenoxy) is 1. The standard InChI is InChI=1S/C18H19N3O2/c1-4-16-12(2)21-11-13(5-10-17(21)20-16)18(22)19-14-6-8-15(23-3)9-7-14/h5-11H,4H2,1-3H3,(H,19,22). The van der Waals surface area contributed by atoms with Gasteiger partial charge in [-0.15, -0.1) is 0 Å². The quantitative estimate of drug-likeness (QED) is 0.803. The van der Waals surface area contributed by atoms with Crippen molar-refractivity contribution in [1.82, 2.24) is 9.38 Å². The first-order valence-corrected chi connectivity index (χ1v) is 7.55. The maximum absolute atomic E-state index is 12.4. The Balaban J connectivity index is 1.86. The molecule has 0 fully saturated rings. The summed E-state index contributed by atoms with van der Waals surface area (Å²) in [5, 5.41) is 2.89. The number of aryl methyl sites for hydroxylation is 2. The van der Waals surface area contributed by atoms with Crippen LogP contribution in [0.15, 0.2) is 42.6 Å². The predicted octanol–water partition coefficient (Wildman–Crippen LogP) is 3.47. The summed E-state index contributed by atoms with van der Waals surface area (Å²) in [6, 6.07) is 10.9. The fraction of sp³-hybridized carbons (Fsp3) is 0.222. The molecule has 5 heteroatoms. The topological polar surface area (TPSA) is 55.6 Å². The molecule has 1 aromatic carbocycles. The van der Waals surface area contributed by atoms with Crippen LogP contribution in [0.3, 0.4) is 0 Å². The average Bonchev–Trinajstić information content (AvgIpc) is 2.91. The van der Waals surface area contributed by atoms with E-state index in [9.17, 15) is 4.79 Å². The fourth-order valence-corrected chi connectivity index (χ4v) is 2.56. The van der Waals surface area contributed by atoms with E-state index in [4.69, 9.17) is 4.74 Å². The Kier molecular flexibility index (Phi) is 4.02. The van der Waals surface area contributed by atoms with Gasteiger partial charge in [0.05, 0.1) is 18.4 Å². The molecule has 0 spiro atoms. The van der Waals surface area contributed by atoms with Crippen molar-refractivity contribution in [1.29, 1.82) is 0 Å². The van der Waals surface area contributed by atoms with Gasteiger partial charge in [0.1, 0.15) is 11.4 Å². The van der Waals surface area contributed by atoms with Crippen molar-refractivity contribution in [3.63, 3.8) is 0 Å². The molecule has 23 heavy (non-hydrogen) atoms. The lowest BCUT2D eigenvalue weighted by atomic mass is 10.2. The third-order valence-electron chi connectivity index (χ3n) is 3.90. The molecule has 0 saturated carbocycles. The van der Waals surface area contributed by atoms with Crippen molar-refractivity contribution in [3.8, 4) is 5.75 Å². The van der Waals surface area contributed by atoms with Crippen molar-refractivity contribution in [3.05, 3.63) is 59.5 Å². The third-order valence-corrected chi connectivity index (χ3v) is 3.90. The van der Waals surface area contributed by atoms with Gasteiger partial charge in [-0.05, 0) is 49.7 Å². The van der Waals surface area contributed by atoms with Gasteiger partial charge in [-0.3, -0.25) is 4.79 Å². The summed E-state index contributed by atoms with van der Waals surface area (Å²) in [4.78, 5) is 17.0. The number of hydrogen-bond acceptors (Lipinski definition) is 3. The molecule has 0 saturated heterocycles. The number of nitrogens with zero attached hydrogens (tertiary/aromatic N) is 2. The highest BCUT2D eigenvalue weighted by atomic mass is 16.5. The highest BCUT2D eigenvalue weighted by molar-refractivity contribution is 6.04. The normalized spacial score (nSPS) is 10.7. The van der Waals surface area contributed by atoms with Gasteiger partial charge in [0.2, 0.25) is 0 Å². The average molecular weight is 309 g/mol. The van der Waals surface area contributed by atoms with Gasteiger partial charge in [0, 0.05) is 17.6 Å². The number of nitrogens with one attached hydrogen (secondary N) is 1. The van der Waals surface area contributed by atoms with Gasteiger partial charge < -0.3 is 14.5 Å². The van der Waals surface area contributed by atoms with E-state index in [-0.39, 0.29) is 5.91 Å². The van der Waals surface area contributed by atoms with E-state index in [0.717, 1.165) is 34.9 Å². The van der Waals surface area contributed by atoms with Crippen LogP contribution in [0.25, 0.3) is 5.65 Å². The number of hydrogen-bond donors (Lipinski definition) is 1. The predicted molar refractivity (Wildman–Crippen MR) is 90.3 cm³/mol. The SMILES string of the molecule is CCc1nc2ccc(C(=O)Nc3ccc(OC)cc3)cn2c1C. The van der Waals surface area contributed by atoms with Crippen molar-refractivity contribution >= 4 is 17.2 Å². The lowest BCUT2D eigenvalue weighted by Gasteiger charge is -2.07. The molecule has 0 aliphatic carbocycles. The highest BCUT2D eigenvalue weighted by Crippen LogP contribution is 2.17. The molecule has 0 aliphatic rings. The number of methoxy groups -OCH3 is 1. The van der Waals surface area contributed by atoms with Crippen LogP contribution in [0, 0.1) is 6.92 Å². The van der Waals surface area contributed by atoms with Gasteiger partial charge in [0.25, 0.3) is 5.91 Å². The summed E-state index contributed by atoms with van der Waals surface area (Å²) >= 11 is 0. The van der Waals surface area contributed by atoms with E-state index in [2.05, 4.69) is 17.2 Å². The summed E-state index contributed by atoms with van der Waals surface area (Å²) < 4.78 is 7.07. The Morgan fingerprint density at radius 2 is 1.96 bits per heavy atom. The first-order valence-electron chi connectivity index (χ1n) is 7.55. The molecule has 1 amide bonds. The molecule has 5 nitrogen and oxygen atoms in total. The van der Waals surface area contributed by atoms with Gasteiger partial charge in [-0.25, -0.2) is 4.98 Å². The van der Waals surface area contributed by atoms with E-state index < -0.39 is 0 Å². The number of imidazole rings is 1. The van der Waals surface area contributed by atoms with Crippen LogP contribution < -0.4 is 10.1 Å². The Morgan fingerprint density at radius 3 is 2.61 bits per heavy atom. The minimum absolute atomic E-state index is 0.150. The first kappa shape index (κ1) is 15.1. The van der Waals surface area contributed by atoms with Gasteiger partial charge in [0.15, 0.2) is 0 Å². The molecule has 3 aromatic rings. The fourth-order valence-electron chi connectivity index (χ4n) is 2.56. The van der Waals surface area contributed by atoms with E-state index in [0.29, 0.717) is 5.56 Å². The van der Waals surface area contributed by atoms with Crippen molar-refractivity contribution in [2.75, 3.05) is 12.4 Å². The molecule has 0 atom stereocenters. The van der Waals surface area contributed by atoms with Crippen LogP contribution in [0.2, 0.25) is 0 Å². The number of carbonyl (C=O) groups excluding carboxylic acids is 1. The maximum atomic E-state index is 12.4. The second-order valence-electron chi connectivity index (χ2n) is 5.33. The van der Waals surface area contributed by atoms with Crippen molar-refractivity contribution in [2.45, 2.75) is 20.3 Å². The highest BCUT2D eigenvalue weighted by Gasteiger charge is 2.11. The molecule has 2 aromatic heterocycles. The second kappa shape index (κ2) is 6.12. The summed E-state index contributed by atoms with van der Waals surface area (Å²) in [7, 11) is 1.61. The van der Waals surface area contributed by atoms with Crippen LogP contribution in [-0.2, 0) is 6.42 Å². The van der Waals surface area contributed by atoms with E-state index >= 15 is 0 Å². The first-order chi connectivity index (χ1) is 11.1. The number of rotatable bonds is 4. The lowest BCUT2D eigenvalue weighted by Crippen LogP contribution is -2.12. The largest absolute Gasteiger partial charge is 0.497 e. The Bertz CT molecular complexity index is 851. The number of benzene rings is 1. The Hall–Kier alpha value is -2.82. The van der Waals surface area contributed by atoms with Crippen LogP contribution in [-0.4, -0.2) is 22.4 Å². The summed E-state index contributed by atoms with van der Waals surface area (Å²) in [6.07, 6.45) is 2.70. The van der Waals surface area contributed by atoms with E-state index in [1.807, 2.05) is 47.9 Å². The van der Waals surface area contributed by atoms with Crippen molar-refractivity contribution in [2.24, 2.45) is 0 Å². The molecule has 0 bridgehead atoms. The smallest absolute Gasteiger partial charge is 0.257 e. The second-order valence-corrected chi connectivity index (χ2v) is 5.33. The number of pyridine rings is 1. The van der Waals surface area contributed by atoms with Crippen molar-refractivity contribution < 1.29 is 9.53 Å². The molecular formula is C18H19N3O2. The number of fused-ring (bicyclic) bond motifs is 1. The van der Waals surface area contributed by atoms with Gasteiger partial charge >= 0.3 is 0 Å². The van der Waals surface area contributed by atoms with E-state index in [1.54, 1.807) is 13.2 Å². The molecule has 3 rings (SSSR count). The van der Waals surface area contributed by atoms with Crippen LogP contribution in [0.5, 0.6) is 5.75 Å². The number of carbonyl (C=O) groups is 1. The van der Waals surface area contributed by atoms with Gasteiger partial charge in [-0.2, -0.15) is 0 Å². The number of amides is 1. The molecule has 2 heterocycles.